The zero-order valence-corrected chi connectivity index (χ0v) is 13.9. The van der Waals surface area contributed by atoms with Gasteiger partial charge in [0.25, 0.3) is 0 Å². The molecule has 0 radical (unpaired) electrons. The van der Waals surface area contributed by atoms with Crippen molar-refractivity contribution in [3.05, 3.63) is 53.5 Å². The van der Waals surface area contributed by atoms with Crippen molar-refractivity contribution in [3.63, 3.8) is 0 Å². The number of hydrogen-bond acceptors (Lipinski definition) is 5. The number of amides is 1. The first-order valence-corrected chi connectivity index (χ1v) is 8.27. The number of likely N-dealkylation sites (tertiary alicyclic amines) is 1. The number of aromatic amines is 2. The van der Waals surface area contributed by atoms with Crippen LogP contribution >= 0.6 is 0 Å². The van der Waals surface area contributed by atoms with Gasteiger partial charge >= 0.3 is 5.69 Å². The minimum Gasteiger partial charge on any atom is -0.472 e. The van der Waals surface area contributed by atoms with E-state index in [1.165, 1.54) is 6.08 Å². The van der Waals surface area contributed by atoms with Crippen molar-refractivity contribution >= 4 is 16.7 Å². The molecule has 2 N–H and O–H groups in total. The standard InChI is InChI=1S/C18H17N5O3/c1-2-15(24)23-8-7-12(10-23)26-17-13-6-4-3-5-11(13)9-14(19-17)16-20-18(25)22-21-16/h2-6,9,12H,1,7-8,10H2,(H2,20,21,22,25). The Kier molecular flexibility index (Phi) is 4.00. The van der Waals surface area contributed by atoms with E-state index < -0.39 is 5.69 Å². The molecule has 0 aliphatic carbocycles. The van der Waals surface area contributed by atoms with Crippen LogP contribution in [0.15, 0.2) is 47.8 Å². The number of carbonyl (C=O) groups is 1. The lowest BCUT2D eigenvalue weighted by Gasteiger charge is -2.16. The molecule has 1 atom stereocenters. The molecule has 132 valence electrons. The molecule has 1 amide bonds. The number of fused-ring (bicyclic) bond motifs is 1. The van der Waals surface area contributed by atoms with Gasteiger partial charge in [0, 0.05) is 18.4 Å². The summed E-state index contributed by atoms with van der Waals surface area (Å²) in [6, 6.07) is 9.55. The second-order valence-corrected chi connectivity index (χ2v) is 6.08. The highest BCUT2D eigenvalue weighted by atomic mass is 16.5. The molecule has 1 saturated heterocycles. The predicted octanol–water partition coefficient (Wildman–Crippen LogP) is 1.48. The monoisotopic (exact) mass is 351 g/mol. The van der Waals surface area contributed by atoms with Crippen LogP contribution < -0.4 is 10.4 Å². The van der Waals surface area contributed by atoms with Gasteiger partial charge in [-0.3, -0.25) is 9.78 Å². The first-order valence-electron chi connectivity index (χ1n) is 8.27. The number of pyridine rings is 1. The molecule has 3 heterocycles. The van der Waals surface area contributed by atoms with Crippen molar-refractivity contribution in [2.24, 2.45) is 0 Å². The highest BCUT2D eigenvalue weighted by Crippen LogP contribution is 2.29. The SMILES string of the molecule is C=CC(=O)N1CCC(Oc2nc(-c3n[nH]c(=O)[nH]3)cc3ccccc23)C1. The van der Waals surface area contributed by atoms with Crippen LogP contribution in [0.2, 0.25) is 0 Å². The van der Waals surface area contributed by atoms with Gasteiger partial charge in [-0.25, -0.2) is 14.9 Å². The molecular formula is C18H17N5O3. The van der Waals surface area contributed by atoms with E-state index in [2.05, 4.69) is 26.7 Å². The van der Waals surface area contributed by atoms with Crippen LogP contribution in [0.4, 0.5) is 0 Å². The van der Waals surface area contributed by atoms with E-state index in [1.54, 1.807) is 4.90 Å². The molecule has 1 fully saturated rings. The predicted molar refractivity (Wildman–Crippen MR) is 95.8 cm³/mol. The second-order valence-electron chi connectivity index (χ2n) is 6.08. The third-order valence-electron chi connectivity index (χ3n) is 4.36. The van der Waals surface area contributed by atoms with Crippen LogP contribution in [0.25, 0.3) is 22.3 Å². The number of benzene rings is 1. The average molecular weight is 351 g/mol. The molecule has 0 spiro atoms. The van der Waals surface area contributed by atoms with Crippen LogP contribution in [0, 0.1) is 0 Å². The molecule has 26 heavy (non-hydrogen) atoms. The smallest absolute Gasteiger partial charge is 0.340 e. The Balaban J connectivity index is 1.68. The minimum atomic E-state index is -0.396. The van der Waals surface area contributed by atoms with Gasteiger partial charge in [-0.1, -0.05) is 24.8 Å². The summed E-state index contributed by atoms with van der Waals surface area (Å²) < 4.78 is 6.11. The molecule has 0 bridgehead atoms. The van der Waals surface area contributed by atoms with Crippen molar-refractivity contribution in [2.75, 3.05) is 13.1 Å². The number of hydrogen-bond donors (Lipinski definition) is 2. The van der Waals surface area contributed by atoms with E-state index in [0.29, 0.717) is 30.5 Å². The molecule has 1 aliphatic rings. The maximum absolute atomic E-state index is 11.8. The summed E-state index contributed by atoms with van der Waals surface area (Å²) in [7, 11) is 0. The summed E-state index contributed by atoms with van der Waals surface area (Å²) >= 11 is 0. The Morgan fingerprint density at radius 3 is 3.00 bits per heavy atom. The van der Waals surface area contributed by atoms with E-state index in [4.69, 9.17) is 4.74 Å². The van der Waals surface area contributed by atoms with Gasteiger partial charge in [0.2, 0.25) is 11.8 Å². The van der Waals surface area contributed by atoms with Gasteiger partial charge in [-0.05, 0) is 23.6 Å². The van der Waals surface area contributed by atoms with Crippen LogP contribution in [0.5, 0.6) is 5.88 Å². The maximum atomic E-state index is 11.8. The number of nitrogens with one attached hydrogen (secondary N) is 2. The summed E-state index contributed by atoms with van der Waals surface area (Å²) in [5, 5.41) is 8.06. The molecule has 8 heteroatoms. The Bertz CT molecular complexity index is 1040. The van der Waals surface area contributed by atoms with Crippen molar-refractivity contribution in [1.29, 1.82) is 0 Å². The summed E-state index contributed by atoms with van der Waals surface area (Å²) in [5.74, 6) is 0.706. The molecule has 0 saturated carbocycles. The lowest BCUT2D eigenvalue weighted by Crippen LogP contribution is -2.29. The fourth-order valence-electron chi connectivity index (χ4n) is 3.08. The third kappa shape index (κ3) is 2.97. The molecule has 3 aromatic rings. The number of aromatic nitrogens is 4. The quantitative estimate of drug-likeness (QED) is 0.693. The first kappa shape index (κ1) is 16.1. The number of ether oxygens (including phenoxy) is 1. The summed E-state index contributed by atoms with van der Waals surface area (Å²) in [4.78, 5) is 31.9. The highest BCUT2D eigenvalue weighted by molar-refractivity contribution is 5.89. The highest BCUT2D eigenvalue weighted by Gasteiger charge is 2.27. The molecule has 1 aromatic carbocycles. The number of rotatable bonds is 4. The largest absolute Gasteiger partial charge is 0.472 e. The summed E-state index contributed by atoms with van der Waals surface area (Å²) in [6.45, 7) is 4.63. The molecule has 1 aliphatic heterocycles. The van der Waals surface area contributed by atoms with Crippen LogP contribution in [-0.4, -0.2) is 50.2 Å². The minimum absolute atomic E-state index is 0.100. The van der Waals surface area contributed by atoms with Crippen LogP contribution in [-0.2, 0) is 4.79 Å². The number of carbonyl (C=O) groups excluding carboxylic acids is 1. The topological polar surface area (TPSA) is 104 Å². The zero-order chi connectivity index (χ0) is 18.1. The third-order valence-corrected chi connectivity index (χ3v) is 4.36. The van der Waals surface area contributed by atoms with Crippen molar-refractivity contribution in [2.45, 2.75) is 12.5 Å². The van der Waals surface area contributed by atoms with E-state index in [1.807, 2.05) is 30.3 Å². The van der Waals surface area contributed by atoms with Gasteiger partial charge in [0.15, 0.2) is 5.82 Å². The van der Waals surface area contributed by atoms with Crippen LogP contribution in [0.3, 0.4) is 0 Å². The summed E-state index contributed by atoms with van der Waals surface area (Å²) in [5.41, 5.74) is 0.112. The summed E-state index contributed by atoms with van der Waals surface area (Å²) in [6.07, 6.45) is 1.88. The molecule has 4 rings (SSSR count). The van der Waals surface area contributed by atoms with Gasteiger partial charge in [-0.2, -0.15) is 5.10 Å². The normalized spacial score (nSPS) is 16.8. The Hall–Kier alpha value is -3.42. The van der Waals surface area contributed by atoms with Crippen molar-refractivity contribution in [3.8, 4) is 17.4 Å². The molecule has 1 unspecified atom stereocenters. The van der Waals surface area contributed by atoms with E-state index in [9.17, 15) is 9.59 Å². The maximum Gasteiger partial charge on any atom is 0.340 e. The van der Waals surface area contributed by atoms with Crippen molar-refractivity contribution in [1.82, 2.24) is 25.1 Å². The van der Waals surface area contributed by atoms with Crippen molar-refractivity contribution < 1.29 is 9.53 Å². The number of H-pyrrole nitrogens is 2. The van der Waals surface area contributed by atoms with Gasteiger partial charge in [-0.15, -0.1) is 0 Å². The molecule has 2 aromatic heterocycles. The fraction of sp³-hybridized carbons (Fsp3) is 0.222. The van der Waals surface area contributed by atoms with Gasteiger partial charge in [0.1, 0.15) is 11.8 Å². The lowest BCUT2D eigenvalue weighted by atomic mass is 10.1. The van der Waals surface area contributed by atoms with E-state index >= 15 is 0 Å². The van der Waals surface area contributed by atoms with E-state index in [0.717, 1.165) is 17.2 Å². The number of nitrogens with zero attached hydrogens (tertiary/aromatic N) is 3. The fourth-order valence-corrected chi connectivity index (χ4v) is 3.08. The second kappa shape index (κ2) is 6.47. The first-order chi connectivity index (χ1) is 12.6. The van der Waals surface area contributed by atoms with Gasteiger partial charge < -0.3 is 9.64 Å². The average Bonchev–Trinajstić information content (AvgIpc) is 3.30. The Morgan fingerprint density at radius 1 is 1.38 bits per heavy atom. The molecular weight excluding hydrogens is 334 g/mol. The Labute approximate surface area is 148 Å². The zero-order valence-electron chi connectivity index (χ0n) is 13.9. The van der Waals surface area contributed by atoms with Crippen LogP contribution in [0.1, 0.15) is 6.42 Å². The van der Waals surface area contributed by atoms with E-state index in [-0.39, 0.29) is 12.0 Å². The Morgan fingerprint density at radius 2 is 2.23 bits per heavy atom. The lowest BCUT2D eigenvalue weighted by molar-refractivity contribution is -0.125. The van der Waals surface area contributed by atoms with Gasteiger partial charge in [0.05, 0.1) is 6.54 Å². The molecule has 8 nitrogen and oxygen atoms in total.